The van der Waals surface area contributed by atoms with Crippen LogP contribution < -0.4 is 10.2 Å². The predicted octanol–water partition coefficient (Wildman–Crippen LogP) is 2.70. The third-order valence-electron chi connectivity index (χ3n) is 4.53. The average molecular weight is 359 g/mol. The maximum atomic E-state index is 12.3. The molecule has 0 unspecified atom stereocenters. The molecule has 1 fully saturated rings. The molecule has 0 spiro atoms. The first-order valence-corrected chi connectivity index (χ1v) is 9.65. The molecule has 1 amide bonds. The van der Waals surface area contributed by atoms with Crippen LogP contribution in [0.15, 0.2) is 35.7 Å². The molecule has 3 rings (SSSR count). The van der Waals surface area contributed by atoms with Crippen molar-refractivity contribution in [2.75, 3.05) is 38.6 Å². The number of carbonyl (C=O) groups is 1. The molecule has 6 heteroatoms. The predicted molar refractivity (Wildman–Crippen MR) is 103 cm³/mol. The molecule has 0 aliphatic carbocycles. The van der Waals surface area contributed by atoms with E-state index < -0.39 is 0 Å². The minimum absolute atomic E-state index is 0.0770. The van der Waals surface area contributed by atoms with E-state index in [4.69, 9.17) is 0 Å². The standard InChI is InChI=1S/C19H26N4OS/c1-22(2)19-21-17(14-25-19)11-20-18(24)13-23-10-6-9-16(12-23)15-7-4-3-5-8-15/h3-5,7-8,14,16H,6,9-13H2,1-2H3,(H,20,24)/t16-/m0/s1. The molecule has 1 aromatic carbocycles. The lowest BCUT2D eigenvalue weighted by Gasteiger charge is -2.32. The summed E-state index contributed by atoms with van der Waals surface area (Å²) in [5.41, 5.74) is 2.30. The molecular weight excluding hydrogens is 332 g/mol. The largest absolute Gasteiger partial charge is 0.354 e. The van der Waals surface area contributed by atoms with E-state index in [-0.39, 0.29) is 5.91 Å². The highest BCUT2D eigenvalue weighted by atomic mass is 32.1. The van der Waals surface area contributed by atoms with Gasteiger partial charge in [0.05, 0.1) is 18.8 Å². The van der Waals surface area contributed by atoms with Crippen LogP contribution in [0.2, 0.25) is 0 Å². The van der Waals surface area contributed by atoms with E-state index in [1.165, 1.54) is 12.0 Å². The van der Waals surface area contributed by atoms with E-state index in [1.807, 2.05) is 24.4 Å². The van der Waals surface area contributed by atoms with Crippen molar-refractivity contribution in [1.82, 2.24) is 15.2 Å². The number of carbonyl (C=O) groups excluding carboxylic acids is 1. The van der Waals surface area contributed by atoms with E-state index in [0.717, 1.165) is 30.3 Å². The number of aromatic nitrogens is 1. The molecule has 2 aromatic rings. The molecule has 1 atom stereocenters. The van der Waals surface area contributed by atoms with Crippen molar-refractivity contribution in [3.05, 3.63) is 47.0 Å². The van der Waals surface area contributed by atoms with Gasteiger partial charge in [-0.05, 0) is 30.9 Å². The third kappa shape index (κ3) is 5.03. The molecule has 0 bridgehead atoms. The number of anilines is 1. The fourth-order valence-electron chi connectivity index (χ4n) is 3.23. The van der Waals surface area contributed by atoms with Gasteiger partial charge in [-0.1, -0.05) is 30.3 Å². The highest BCUT2D eigenvalue weighted by molar-refractivity contribution is 7.13. The highest BCUT2D eigenvalue weighted by Gasteiger charge is 2.22. The van der Waals surface area contributed by atoms with Crippen molar-refractivity contribution in [2.24, 2.45) is 0 Å². The van der Waals surface area contributed by atoms with Gasteiger partial charge in [0.1, 0.15) is 0 Å². The van der Waals surface area contributed by atoms with Crippen LogP contribution in [0.4, 0.5) is 5.13 Å². The van der Waals surface area contributed by atoms with E-state index in [1.54, 1.807) is 11.3 Å². The summed E-state index contributed by atoms with van der Waals surface area (Å²) in [6.07, 6.45) is 2.35. The van der Waals surface area contributed by atoms with Crippen molar-refractivity contribution in [3.63, 3.8) is 0 Å². The van der Waals surface area contributed by atoms with E-state index in [0.29, 0.717) is 19.0 Å². The number of likely N-dealkylation sites (tertiary alicyclic amines) is 1. The quantitative estimate of drug-likeness (QED) is 0.863. The molecule has 5 nitrogen and oxygen atoms in total. The van der Waals surface area contributed by atoms with Crippen LogP contribution in [-0.2, 0) is 11.3 Å². The van der Waals surface area contributed by atoms with Crippen molar-refractivity contribution in [2.45, 2.75) is 25.3 Å². The summed E-state index contributed by atoms with van der Waals surface area (Å²) in [6.45, 7) is 2.92. The fourth-order valence-corrected chi connectivity index (χ4v) is 3.99. The number of hydrogen-bond donors (Lipinski definition) is 1. The SMILES string of the molecule is CN(C)c1nc(CNC(=O)CN2CCC[C@H](c3ccccc3)C2)cs1. The van der Waals surface area contributed by atoms with Crippen LogP contribution >= 0.6 is 11.3 Å². The second-order valence-corrected chi connectivity index (χ2v) is 7.61. The van der Waals surface area contributed by atoms with Gasteiger partial charge in [0, 0.05) is 26.0 Å². The van der Waals surface area contributed by atoms with Gasteiger partial charge in [-0.15, -0.1) is 11.3 Å². The van der Waals surface area contributed by atoms with E-state index >= 15 is 0 Å². The molecule has 0 radical (unpaired) electrons. The first-order chi connectivity index (χ1) is 12.1. The first kappa shape index (κ1) is 17.9. The van der Waals surface area contributed by atoms with Gasteiger partial charge in [-0.3, -0.25) is 9.69 Å². The molecule has 1 aliphatic rings. The number of rotatable bonds is 6. The lowest BCUT2D eigenvalue weighted by Crippen LogP contribution is -2.41. The summed E-state index contributed by atoms with van der Waals surface area (Å²) in [6, 6.07) is 10.6. The van der Waals surface area contributed by atoms with Crippen molar-refractivity contribution < 1.29 is 4.79 Å². The van der Waals surface area contributed by atoms with E-state index in [9.17, 15) is 4.79 Å². The summed E-state index contributed by atoms with van der Waals surface area (Å²) in [5.74, 6) is 0.608. The van der Waals surface area contributed by atoms with Crippen LogP contribution in [-0.4, -0.2) is 49.5 Å². The molecular formula is C19H26N4OS. The number of benzene rings is 1. The van der Waals surface area contributed by atoms with Gasteiger partial charge >= 0.3 is 0 Å². The molecule has 25 heavy (non-hydrogen) atoms. The Labute approximate surface area is 153 Å². The Kier molecular flexibility index (Phi) is 6.04. The molecule has 1 aromatic heterocycles. The zero-order chi connectivity index (χ0) is 17.6. The Balaban J connectivity index is 1.47. The summed E-state index contributed by atoms with van der Waals surface area (Å²) < 4.78 is 0. The number of hydrogen-bond acceptors (Lipinski definition) is 5. The van der Waals surface area contributed by atoms with Gasteiger partial charge in [0.15, 0.2) is 5.13 Å². The summed E-state index contributed by atoms with van der Waals surface area (Å²) >= 11 is 1.60. The van der Waals surface area contributed by atoms with Gasteiger partial charge in [0.2, 0.25) is 5.91 Å². The zero-order valence-corrected chi connectivity index (χ0v) is 15.8. The van der Waals surface area contributed by atoms with Crippen LogP contribution in [0.1, 0.15) is 30.0 Å². The van der Waals surface area contributed by atoms with Crippen molar-refractivity contribution in [1.29, 1.82) is 0 Å². The molecule has 0 saturated carbocycles. The number of thiazole rings is 1. The Morgan fingerprint density at radius 1 is 1.36 bits per heavy atom. The van der Waals surface area contributed by atoms with Crippen LogP contribution in [0, 0.1) is 0 Å². The molecule has 2 heterocycles. The minimum atomic E-state index is 0.0770. The lowest BCUT2D eigenvalue weighted by atomic mass is 9.91. The smallest absolute Gasteiger partial charge is 0.234 e. The average Bonchev–Trinajstić information content (AvgIpc) is 3.10. The monoisotopic (exact) mass is 358 g/mol. The van der Waals surface area contributed by atoms with Gasteiger partial charge in [-0.25, -0.2) is 4.98 Å². The van der Waals surface area contributed by atoms with Crippen molar-refractivity contribution >= 4 is 22.4 Å². The van der Waals surface area contributed by atoms with Crippen LogP contribution in [0.25, 0.3) is 0 Å². The maximum Gasteiger partial charge on any atom is 0.234 e. The summed E-state index contributed by atoms with van der Waals surface area (Å²) in [4.78, 5) is 21.0. The zero-order valence-electron chi connectivity index (χ0n) is 14.9. The lowest BCUT2D eigenvalue weighted by molar-refractivity contribution is -0.122. The summed E-state index contributed by atoms with van der Waals surface area (Å²) in [5, 5.41) is 5.96. The molecule has 1 aliphatic heterocycles. The third-order valence-corrected chi connectivity index (χ3v) is 5.59. The van der Waals surface area contributed by atoms with Gasteiger partial charge in [-0.2, -0.15) is 0 Å². The van der Waals surface area contributed by atoms with Crippen molar-refractivity contribution in [3.8, 4) is 0 Å². The Morgan fingerprint density at radius 2 is 2.16 bits per heavy atom. The van der Waals surface area contributed by atoms with Crippen LogP contribution in [0.3, 0.4) is 0 Å². The highest BCUT2D eigenvalue weighted by Crippen LogP contribution is 2.26. The molecule has 134 valence electrons. The number of nitrogens with one attached hydrogen (secondary N) is 1. The maximum absolute atomic E-state index is 12.3. The second kappa shape index (κ2) is 8.45. The Hall–Kier alpha value is -1.92. The van der Waals surface area contributed by atoms with Crippen LogP contribution in [0.5, 0.6) is 0 Å². The number of piperidine rings is 1. The second-order valence-electron chi connectivity index (χ2n) is 6.78. The topological polar surface area (TPSA) is 48.5 Å². The summed E-state index contributed by atoms with van der Waals surface area (Å²) in [7, 11) is 3.95. The first-order valence-electron chi connectivity index (χ1n) is 8.77. The van der Waals surface area contributed by atoms with Gasteiger partial charge < -0.3 is 10.2 Å². The normalized spacial score (nSPS) is 18.1. The molecule has 1 N–H and O–H groups in total. The van der Waals surface area contributed by atoms with E-state index in [2.05, 4.69) is 45.5 Å². The molecule has 1 saturated heterocycles. The number of nitrogens with zero attached hydrogens (tertiary/aromatic N) is 3. The Bertz CT molecular complexity index is 686. The fraction of sp³-hybridized carbons (Fsp3) is 0.474. The van der Waals surface area contributed by atoms with Gasteiger partial charge in [0.25, 0.3) is 0 Å². The number of amides is 1. The Morgan fingerprint density at radius 3 is 2.88 bits per heavy atom. The minimum Gasteiger partial charge on any atom is -0.354 e.